The van der Waals surface area contributed by atoms with Crippen molar-refractivity contribution in [3.8, 4) is 6.07 Å². The summed E-state index contributed by atoms with van der Waals surface area (Å²) in [6.45, 7) is 2.21. The third-order valence-corrected chi connectivity index (χ3v) is 6.34. The fourth-order valence-corrected chi connectivity index (χ4v) is 4.48. The summed E-state index contributed by atoms with van der Waals surface area (Å²) in [7, 11) is 0. The molecule has 0 aliphatic carbocycles. The number of hydrogen-bond acceptors (Lipinski definition) is 8. The summed E-state index contributed by atoms with van der Waals surface area (Å²) in [4.78, 5) is 35.7. The lowest BCUT2D eigenvalue weighted by atomic mass is 10.1. The van der Waals surface area contributed by atoms with Gasteiger partial charge in [-0.05, 0) is 13.0 Å². The van der Waals surface area contributed by atoms with Crippen LogP contribution in [0.5, 0.6) is 0 Å². The highest BCUT2D eigenvalue weighted by molar-refractivity contribution is 5.94. The lowest BCUT2D eigenvalue weighted by Crippen LogP contribution is -2.55. The van der Waals surface area contributed by atoms with Crippen molar-refractivity contribution < 1.29 is 31.1 Å². The Morgan fingerprint density at radius 1 is 1.17 bits per heavy atom. The Morgan fingerprint density at radius 2 is 1.88 bits per heavy atom. The quantitative estimate of drug-likeness (QED) is 0.405. The minimum Gasteiger partial charge on any atom is -0.379 e. The Morgan fingerprint density at radius 3 is 2.51 bits per heavy atom. The molecule has 4 rings (SSSR count). The Hall–Kier alpha value is -4.62. The summed E-state index contributed by atoms with van der Waals surface area (Å²) in [6, 6.07) is 2.34. The van der Waals surface area contributed by atoms with E-state index in [1.807, 2.05) is 6.07 Å². The van der Waals surface area contributed by atoms with Gasteiger partial charge in [0.15, 0.2) is 0 Å². The van der Waals surface area contributed by atoms with E-state index >= 15 is 0 Å². The number of nitrogens with zero attached hydrogens (tertiary/aromatic N) is 7. The topological polar surface area (TPSA) is 136 Å². The summed E-state index contributed by atoms with van der Waals surface area (Å²) >= 11 is 0. The molecule has 0 bridgehead atoms. The van der Waals surface area contributed by atoms with E-state index in [0.717, 1.165) is 6.20 Å². The maximum Gasteiger partial charge on any atom is 0.423 e. The molecule has 0 radical (unpaired) electrons. The average Bonchev–Trinajstić information content (AvgIpc) is 3.35. The number of nitriles is 1. The molecule has 2 N–H and O–H groups in total. The van der Waals surface area contributed by atoms with Crippen LogP contribution in [-0.4, -0.2) is 67.3 Å². The summed E-state index contributed by atoms with van der Waals surface area (Å²) < 4.78 is 80.0. The highest BCUT2D eigenvalue weighted by Gasteiger charge is 2.38. The summed E-state index contributed by atoms with van der Waals surface area (Å²) in [5, 5.41) is 17.1. The number of H-pyrrole nitrogens is 1. The van der Waals surface area contributed by atoms with Gasteiger partial charge in [-0.3, -0.25) is 9.59 Å². The number of halogens is 6. The highest BCUT2D eigenvalue weighted by atomic mass is 19.4. The predicted octanol–water partition coefficient (Wildman–Crippen LogP) is 3.14. The largest absolute Gasteiger partial charge is 0.423 e. The van der Waals surface area contributed by atoms with Crippen molar-refractivity contribution in [2.24, 2.45) is 0 Å². The minimum absolute atomic E-state index is 0.0453. The Kier molecular flexibility index (Phi) is 8.22. The first-order valence-electron chi connectivity index (χ1n) is 12.2. The number of aromatic amines is 1. The molecule has 2 unspecified atom stereocenters. The van der Waals surface area contributed by atoms with Crippen LogP contribution >= 0.6 is 0 Å². The van der Waals surface area contributed by atoms with E-state index in [-0.39, 0.29) is 44.1 Å². The molecule has 0 spiro atoms. The molecule has 41 heavy (non-hydrogen) atoms. The second-order valence-corrected chi connectivity index (χ2v) is 9.36. The second kappa shape index (κ2) is 11.5. The van der Waals surface area contributed by atoms with E-state index < -0.39 is 52.7 Å². The monoisotopic (exact) mass is 583 g/mol. The Labute approximate surface area is 228 Å². The molecule has 3 aromatic heterocycles. The number of rotatable bonds is 7. The van der Waals surface area contributed by atoms with Crippen molar-refractivity contribution in [3.05, 3.63) is 64.1 Å². The SMILES string of the molecule is CC(Cn1ccc(C(=O)N2CCN(c3ncc(C(F)(F)F)cn3)CC2CC#N)c1)Nc1cn[nH]c(=O)c1C(F)(F)F. The first-order valence-corrected chi connectivity index (χ1v) is 12.2. The molecule has 0 aromatic carbocycles. The molecule has 3 aromatic rings. The molecule has 218 valence electrons. The first kappa shape index (κ1) is 29.4. The molecular formula is C24H23F6N9O2. The van der Waals surface area contributed by atoms with E-state index in [1.165, 1.54) is 17.2 Å². The smallest absolute Gasteiger partial charge is 0.379 e. The van der Waals surface area contributed by atoms with Gasteiger partial charge in [-0.15, -0.1) is 0 Å². The Balaban J connectivity index is 1.42. The number of hydrogen-bond donors (Lipinski definition) is 2. The third-order valence-electron chi connectivity index (χ3n) is 6.34. The zero-order valence-electron chi connectivity index (χ0n) is 21.4. The van der Waals surface area contributed by atoms with Crippen LogP contribution < -0.4 is 15.8 Å². The molecule has 17 heteroatoms. The van der Waals surface area contributed by atoms with Crippen molar-refractivity contribution in [3.63, 3.8) is 0 Å². The maximum atomic E-state index is 13.3. The van der Waals surface area contributed by atoms with Crippen LogP contribution in [0.4, 0.5) is 38.0 Å². The normalized spacial score (nSPS) is 16.8. The van der Waals surface area contributed by atoms with Crippen molar-refractivity contribution in [2.75, 3.05) is 29.9 Å². The molecular weight excluding hydrogens is 560 g/mol. The van der Waals surface area contributed by atoms with E-state index in [2.05, 4.69) is 20.4 Å². The number of carbonyl (C=O) groups excluding carboxylic acids is 1. The zero-order valence-corrected chi connectivity index (χ0v) is 21.4. The van der Waals surface area contributed by atoms with Crippen LogP contribution in [0.1, 0.15) is 34.8 Å². The van der Waals surface area contributed by atoms with Crippen LogP contribution in [0, 0.1) is 11.3 Å². The molecule has 1 saturated heterocycles. The maximum absolute atomic E-state index is 13.3. The highest BCUT2D eigenvalue weighted by Crippen LogP contribution is 2.32. The van der Waals surface area contributed by atoms with Crippen molar-refractivity contribution in [2.45, 2.75) is 44.3 Å². The van der Waals surface area contributed by atoms with Gasteiger partial charge in [-0.2, -0.15) is 36.7 Å². The number of anilines is 2. The Bertz CT molecular complexity index is 1480. The predicted molar refractivity (Wildman–Crippen MR) is 132 cm³/mol. The molecule has 2 atom stereocenters. The fraction of sp³-hybridized carbons (Fsp3) is 0.417. The van der Waals surface area contributed by atoms with Crippen molar-refractivity contribution in [1.29, 1.82) is 5.26 Å². The molecule has 4 heterocycles. The molecule has 11 nitrogen and oxygen atoms in total. The van der Waals surface area contributed by atoms with E-state index in [1.54, 1.807) is 27.7 Å². The number of piperazine rings is 1. The lowest BCUT2D eigenvalue weighted by Gasteiger charge is -2.40. The van der Waals surface area contributed by atoms with Crippen LogP contribution in [0.25, 0.3) is 0 Å². The fourth-order valence-electron chi connectivity index (χ4n) is 4.48. The van der Waals surface area contributed by atoms with Gasteiger partial charge in [0.25, 0.3) is 11.5 Å². The van der Waals surface area contributed by atoms with Gasteiger partial charge in [-0.25, -0.2) is 15.1 Å². The third kappa shape index (κ3) is 6.76. The minimum atomic E-state index is -4.89. The lowest BCUT2D eigenvalue weighted by molar-refractivity contribution is -0.139. The van der Waals surface area contributed by atoms with E-state index in [9.17, 15) is 41.2 Å². The zero-order chi connectivity index (χ0) is 29.9. The first-order chi connectivity index (χ1) is 19.3. The van der Waals surface area contributed by atoms with E-state index in [4.69, 9.17) is 0 Å². The molecule has 1 amide bonds. The van der Waals surface area contributed by atoms with E-state index in [0.29, 0.717) is 12.4 Å². The number of carbonyl (C=O) groups is 1. The number of alkyl halides is 6. The molecule has 1 aliphatic heterocycles. The van der Waals surface area contributed by atoms with Gasteiger partial charge in [0.2, 0.25) is 5.95 Å². The standard InChI is InChI=1S/C24H23F6N9O2/c1-14(35-18-10-34-36-20(40)19(18)24(28,29)30)11-37-5-3-15(12-37)21(41)39-7-6-38(13-17(39)2-4-31)22-32-8-16(9-33-22)23(25,26)27/h3,5,8-10,12,14,17H,2,6-7,11,13H2,1H3,(H2,35,36,40). The summed E-state index contributed by atoms with van der Waals surface area (Å²) in [6.07, 6.45) is -4.22. The van der Waals surface area contributed by atoms with Gasteiger partial charge in [0.1, 0.15) is 5.56 Å². The molecule has 0 saturated carbocycles. The number of amides is 1. The average molecular weight is 583 g/mol. The summed E-state index contributed by atoms with van der Waals surface area (Å²) in [5.41, 5.74) is -3.97. The van der Waals surface area contributed by atoms with Gasteiger partial charge in [-0.1, -0.05) is 0 Å². The number of nitrogens with one attached hydrogen (secondary N) is 2. The van der Waals surface area contributed by atoms with Crippen molar-refractivity contribution in [1.82, 2.24) is 29.6 Å². The van der Waals surface area contributed by atoms with Crippen LogP contribution in [-0.2, 0) is 18.9 Å². The van der Waals surface area contributed by atoms with Gasteiger partial charge in [0.05, 0.1) is 41.5 Å². The van der Waals surface area contributed by atoms with Gasteiger partial charge in [0, 0.05) is 57.0 Å². The number of aromatic nitrogens is 5. The van der Waals surface area contributed by atoms with Gasteiger partial charge < -0.3 is 19.7 Å². The second-order valence-electron chi connectivity index (χ2n) is 9.36. The van der Waals surface area contributed by atoms with Crippen LogP contribution in [0.3, 0.4) is 0 Å². The van der Waals surface area contributed by atoms with Crippen LogP contribution in [0.2, 0.25) is 0 Å². The van der Waals surface area contributed by atoms with Gasteiger partial charge >= 0.3 is 12.4 Å². The molecule has 1 aliphatic rings. The van der Waals surface area contributed by atoms with Crippen molar-refractivity contribution >= 4 is 17.5 Å². The summed E-state index contributed by atoms with van der Waals surface area (Å²) in [5.74, 6) is -0.347. The molecule has 1 fully saturated rings. The van der Waals surface area contributed by atoms with Crippen LogP contribution in [0.15, 0.2) is 41.8 Å².